The van der Waals surface area contributed by atoms with Crippen LogP contribution in [0.25, 0.3) is 0 Å². The minimum atomic E-state index is -0.680. The zero-order valence-electron chi connectivity index (χ0n) is 11.7. The van der Waals surface area contributed by atoms with Gasteiger partial charge in [-0.05, 0) is 31.5 Å². The number of aromatic nitrogens is 3. The van der Waals surface area contributed by atoms with Crippen LogP contribution in [-0.2, 0) is 6.42 Å². The quantitative estimate of drug-likeness (QED) is 0.921. The minimum Gasteiger partial charge on any atom is -0.495 e. The first-order chi connectivity index (χ1) is 9.52. The molecule has 0 aliphatic rings. The minimum absolute atomic E-state index is 0.208. The van der Waals surface area contributed by atoms with Crippen LogP contribution in [0, 0.1) is 0 Å². The monoisotopic (exact) mass is 295 g/mol. The number of aliphatic hydroxyl groups excluding tert-OH is 1. The highest BCUT2D eigenvalue weighted by Gasteiger charge is 2.16. The average molecular weight is 296 g/mol. The Bertz CT molecular complexity index is 584. The van der Waals surface area contributed by atoms with Crippen molar-refractivity contribution in [1.29, 1.82) is 0 Å². The van der Waals surface area contributed by atoms with Crippen LogP contribution in [0.5, 0.6) is 5.75 Å². The molecule has 1 aromatic heterocycles. The summed E-state index contributed by atoms with van der Waals surface area (Å²) in [5, 5.41) is 14.9. The van der Waals surface area contributed by atoms with Crippen LogP contribution >= 0.6 is 11.6 Å². The number of ether oxygens (including phenoxy) is 1. The van der Waals surface area contributed by atoms with Crippen LogP contribution in [0.3, 0.4) is 0 Å². The molecule has 1 heterocycles. The normalized spacial score (nSPS) is 12.7. The lowest BCUT2D eigenvalue weighted by Gasteiger charge is -2.14. The summed E-state index contributed by atoms with van der Waals surface area (Å²) in [6.07, 6.45) is 1.21. The van der Waals surface area contributed by atoms with Gasteiger partial charge in [0.05, 0.1) is 18.2 Å². The molecule has 0 saturated heterocycles. The van der Waals surface area contributed by atoms with Gasteiger partial charge in [0.1, 0.15) is 17.9 Å². The third kappa shape index (κ3) is 3.11. The zero-order valence-corrected chi connectivity index (χ0v) is 12.5. The first kappa shape index (κ1) is 14.8. The van der Waals surface area contributed by atoms with Gasteiger partial charge < -0.3 is 9.84 Å². The van der Waals surface area contributed by atoms with Crippen molar-refractivity contribution in [2.45, 2.75) is 32.4 Å². The van der Waals surface area contributed by atoms with Gasteiger partial charge in [0.15, 0.2) is 0 Å². The first-order valence-corrected chi connectivity index (χ1v) is 6.80. The van der Waals surface area contributed by atoms with Crippen LogP contribution in [0.2, 0.25) is 5.02 Å². The highest BCUT2D eigenvalue weighted by molar-refractivity contribution is 6.32. The second-order valence-corrected chi connectivity index (χ2v) is 5.24. The van der Waals surface area contributed by atoms with E-state index in [9.17, 15) is 5.11 Å². The van der Waals surface area contributed by atoms with E-state index >= 15 is 0 Å². The maximum Gasteiger partial charge on any atom is 0.138 e. The molecule has 0 amide bonds. The zero-order chi connectivity index (χ0) is 14.7. The average Bonchev–Trinajstić information content (AvgIpc) is 2.86. The number of methoxy groups -OCH3 is 1. The number of halogens is 1. The Morgan fingerprint density at radius 3 is 2.75 bits per heavy atom. The first-order valence-electron chi connectivity index (χ1n) is 6.42. The Labute approximate surface area is 123 Å². The second kappa shape index (κ2) is 6.24. The molecule has 2 aromatic rings. The lowest BCUT2D eigenvalue weighted by atomic mass is 10.1. The molecular weight excluding hydrogens is 278 g/mol. The maximum atomic E-state index is 10.3. The number of nitrogens with zero attached hydrogens (tertiary/aromatic N) is 3. The van der Waals surface area contributed by atoms with Gasteiger partial charge in [0.2, 0.25) is 0 Å². The van der Waals surface area contributed by atoms with Gasteiger partial charge in [-0.25, -0.2) is 9.67 Å². The van der Waals surface area contributed by atoms with Crippen molar-refractivity contribution < 1.29 is 9.84 Å². The highest BCUT2D eigenvalue weighted by atomic mass is 35.5. The number of hydrogen-bond donors (Lipinski definition) is 1. The van der Waals surface area contributed by atoms with Crippen molar-refractivity contribution in [2.75, 3.05) is 7.11 Å². The van der Waals surface area contributed by atoms with Crippen LogP contribution in [-0.4, -0.2) is 27.0 Å². The van der Waals surface area contributed by atoms with Crippen LogP contribution in [0.15, 0.2) is 24.5 Å². The van der Waals surface area contributed by atoms with Gasteiger partial charge in [-0.15, -0.1) is 0 Å². The molecule has 0 aliphatic carbocycles. The van der Waals surface area contributed by atoms with E-state index in [1.165, 1.54) is 6.33 Å². The molecule has 1 unspecified atom stereocenters. The molecule has 0 saturated carbocycles. The molecule has 6 heteroatoms. The molecule has 20 heavy (non-hydrogen) atoms. The van der Waals surface area contributed by atoms with E-state index in [-0.39, 0.29) is 6.04 Å². The Balaban J connectivity index is 2.17. The van der Waals surface area contributed by atoms with Crippen molar-refractivity contribution in [3.8, 4) is 5.75 Å². The molecule has 108 valence electrons. The number of rotatable bonds is 5. The standard InChI is InChI=1S/C14H18ClN3O2/c1-9(2)18-14(16-8-17-18)7-12(19)10-4-5-13(20-3)11(15)6-10/h4-6,8-9,12,19H,7H2,1-3H3. The van der Waals surface area contributed by atoms with Crippen molar-refractivity contribution in [1.82, 2.24) is 14.8 Å². The highest BCUT2D eigenvalue weighted by Crippen LogP contribution is 2.28. The smallest absolute Gasteiger partial charge is 0.138 e. The molecule has 0 aliphatic heterocycles. The molecule has 2 rings (SSSR count). The van der Waals surface area contributed by atoms with E-state index in [1.807, 2.05) is 13.8 Å². The number of benzene rings is 1. The fraction of sp³-hybridized carbons (Fsp3) is 0.429. The predicted octanol–water partition coefficient (Wildman–Crippen LogP) is 2.80. The summed E-state index contributed by atoms with van der Waals surface area (Å²) < 4.78 is 6.90. The molecule has 1 aromatic carbocycles. The van der Waals surface area contributed by atoms with Crippen molar-refractivity contribution in [3.05, 3.63) is 40.9 Å². The Morgan fingerprint density at radius 1 is 1.40 bits per heavy atom. The van der Waals surface area contributed by atoms with Crippen LogP contribution in [0.1, 0.15) is 37.4 Å². The largest absolute Gasteiger partial charge is 0.495 e. The molecule has 0 spiro atoms. The predicted molar refractivity (Wildman–Crippen MR) is 77.1 cm³/mol. The van der Waals surface area contributed by atoms with Gasteiger partial charge in [0, 0.05) is 12.5 Å². The van der Waals surface area contributed by atoms with Gasteiger partial charge >= 0.3 is 0 Å². The lowest BCUT2D eigenvalue weighted by Crippen LogP contribution is -2.12. The molecule has 0 bridgehead atoms. The van der Waals surface area contributed by atoms with Crippen LogP contribution < -0.4 is 4.74 Å². The van der Waals surface area contributed by atoms with Gasteiger partial charge in [-0.1, -0.05) is 17.7 Å². The van der Waals surface area contributed by atoms with E-state index in [4.69, 9.17) is 16.3 Å². The van der Waals surface area contributed by atoms with Crippen molar-refractivity contribution in [2.24, 2.45) is 0 Å². The summed E-state index contributed by atoms with van der Waals surface area (Å²) >= 11 is 6.07. The Morgan fingerprint density at radius 2 is 2.15 bits per heavy atom. The van der Waals surface area contributed by atoms with Gasteiger partial charge in [-0.2, -0.15) is 5.10 Å². The molecule has 1 N–H and O–H groups in total. The maximum absolute atomic E-state index is 10.3. The van der Waals surface area contributed by atoms with E-state index in [1.54, 1.807) is 30.0 Å². The van der Waals surface area contributed by atoms with Crippen molar-refractivity contribution >= 4 is 11.6 Å². The third-order valence-electron chi connectivity index (χ3n) is 3.07. The van der Waals surface area contributed by atoms with E-state index in [0.717, 1.165) is 11.4 Å². The SMILES string of the molecule is COc1ccc(C(O)Cc2ncnn2C(C)C)cc1Cl. The summed E-state index contributed by atoms with van der Waals surface area (Å²) in [5.41, 5.74) is 0.731. The summed E-state index contributed by atoms with van der Waals surface area (Å²) in [7, 11) is 1.56. The Hall–Kier alpha value is -1.59. The van der Waals surface area contributed by atoms with Gasteiger partial charge in [0.25, 0.3) is 0 Å². The molecule has 1 atom stereocenters. The van der Waals surface area contributed by atoms with Crippen molar-refractivity contribution in [3.63, 3.8) is 0 Å². The second-order valence-electron chi connectivity index (χ2n) is 4.83. The fourth-order valence-corrected chi connectivity index (χ4v) is 2.30. The lowest BCUT2D eigenvalue weighted by molar-refractivity contribution is 0.173. The summed E-state index contributed by atoms with van der Waals surface area (Å²) in [4.78, 5) is 4.19. The molecular formula is C14H18ClN3O2. The van der Waals surface area contributed by atoms with Crippen LogP contribution in [0.4, 0.5) is 0 Å². The van der Waals surface area contributed by atoms with Gasteiger partial charge in [-0.3, -0.25) is 0 Å². The fourth-order valence-electron chi connectivity index (χ4n) is 2.03. The summed E-state index contributed by atoms with van der Waals surface area (Å²) in [6.45, 7) is 4.05. The van der Waals surface area contributed by atoms with E-state index in [2.05, 4.69) is 10.1 Å². The molecule has 0 fully saturated rings. The summed E-state index contributed by atoms with van der Waals surface area (Å²) in [6, 6.07) is 5.46. The van der Waals surface area contributed by atoms with E-state index in [0.29, 0.717) is 17.2 Å². The molecule has 0 radical (unpaired) electrons. The topological polar surface area (TPSA) is 60.2 Å². The molecule has 5 nitrogen and oxygen atoms in total. The third-order valence-corrected chi connectivity index (χ3v) is 3.37. The Kier molecular flexibility index (Phi) is 4.62. The van der Waals surface area contributed by atoms with E-state index < -0.39 is 6.10 Å². The number of aliphatic hydroxyl groups is 1. The number of hydrogen-bond acceptors (Lipinski definition) is 4. The summed E-state index contributed by atoms with van der Waals surface area (Å²) in [5.74, 6) is 1.34.